The first-order chi connectivity index (χ1) is 10.2. The number of carboxylic acids is 1. The second kappa shape index (κ2) is 5.83. The average molecular weight is 301 g/mol. The zero-order valence-electron chi connectivity index (χ0n) is 11.6. The molecule has 2 aromatic rings. The van der Waals surface area contributed by atoms with Gasteiger partial charge >= 0.3 is 5.97 Å². The van der Waals surface area contributed by atoms with Crippen LogP contribution < -0.4 is 5.32 Å². The normalized spacial score (nSPS) is 13.8. The Kier molecular flexibility index (Phi) is 3.90. The van der Waals surface area contributed by atoms with Crippen LogP contribution in [0.2, 0.25) is 0 Å². The second-order valence-electron chi connectivity index (χ2n) is 4.78. The van der Waals surface area contributed by atoms with Crippen molar-refractivity contribution < 1.29 is 9.90 Å². The van der Waals surface area contributed by atoms with Gasteiger partial charge in [-0.25, -0.2) is 14.8 Å². The fourth-order valence-electron chi connectivity index (χ4n) is 2.41. The molecule has 1 aliphatic heterocycles. The largest absolute Gasteiger partial charge is 0.476 e. The van der Waals surface area contributed by atoms with Gasteiger partial charge in [-0.05, 0) is 31.4 Å². The van der Waals surface area contributed by atoms with Crippen molar-refractivity contribution in [2.24, 2.45) is 0 Å². The van der Waals surface area contributed by atoms with E-state index in [-0.39, 0.29) is 5.69 Å². The molecule has 0 amide bonds. The highest BCUT2D eigenvalue weighted by Crippen LogP contribution is 2.24. The van der Waals surface area contributed by atoms with Crippen LogP contribution in [-0.2, 0) is 13.0 Å². The summed E-state index contributed by atoms with van der Waals surface area (Å²) in [6, 6.07) is 7.83. The van der Waals surface area contributed by atoms with Gasteiger partial charge in [-0.3, -0.25) is 0 Å². The van der Waals surface area contributed by atoms with Gasteiger partial charge in [0.15, 0.2) is 11.5 Å². The van der Waals surface area contributed by atoms with E-state index in [0.717, 1.165) is 28.3 Å². The van der Waals surface area contributed by atoms with Crippen LogP contribution >= 0.6 is 11.8 Å². The van der Waals surface area contributed by atoms with Gasteiger partial charge in [0.1, 0.15) is 0 Å². The van der Waals surface area contributed by atoms with Crippen LogP contribution in [-0.4, -0.2) is 33.8 Å². The van der Waals surface area contributed by atoms with E-state index >= 15 is 0 Å². The lowest BCUT2D eigenvalue weighted by Gasteiger charge is -2.18. The molecule has 5 nitrogen and oxygen atoms in total. The maximum atomic E-state index is 11.4. The molecule has 108 valence electrons. The standard InChI is InChI=1S/C15H15N3O2S/c1-21-10-4-2-9(3-5-10)14-17-12-8-16-7-6-11(12)13(18-14)15(19)20/h2-5,16H,6-8H2,1H3,(H,19,20). The molecule has 0 unspecified atom stereocenters. The first-order valence-electron chi connectivity index (χ1n) is 6.67. The minimum Gasteiger partial charge on any atom is -0.476 e. The van der Waals surface area contributed by atoms with E-state index in [1.54, 1.807) is 11.8 Å². The van der Waals surface area contributed by atoms with Crippen LogP contribution in [0.5, 0.6) is 0 Å². The summed E-state index contributed by atoms with van der Waals surface area (Å²) in [5, 5.41) is 12.6. The molecule has 1 aromatic heterocycles. The summed E-state index contributed by atoms with van der Waals surface area (Å²) in [6.07, 6.45) is 2.67. The summed E-state index contributed by atoms with van der Waals surface area (Å²) in [7, 11) is 0. The Labute approximate surface area is 126 Å². The molecule has 0 radical (unpaired) electrons. The molecule has 6 heteroatoms. The Bertz CT molecular complexity index is 686. The first kappa shape index (κ1) is 14.0. The summed E-state index contributed by atoms with van der Waals surface area (Å²) in [6.45, 7) is 1.35. The van der Waals surface area contributed by atoms with E-state index in [1.807, 2.05) is 30.5 Å². The van der Waals surface area contributed by atoms with Crippen molar-refractivity contribution in [3.63, 3.8) is 0 Å². The fourth-order valence-corrected chi connectivity index (χ4v) is 2.81. The highest BCUT2D eigenvalue weighted by molar-refractivity contribution is 7.98. The highest BCUT2D eigenvalue weighted by Gasteiger charge is 2.21. The summed E-state index contributed by atoms with van der Waals surface area (Å²) in [5.74, 6) is -0.514. The van der Waals surface area contributed by atoms with E-state index < -0.39 is 5.97 Å². The van der Waals surface area contributed by atoms with Gasteiger partial charge in [0.25, 0.3) is 0 Å². The van der Waals surface area contributed by atoms with Gasteiger partial charge in [-0.1, -0.05) is 12.1 Å². The number of fused-ring (bicyclic) bond motifs is 1. The Balaban J connectivity index is 2.09. The average Bonchev–Trinajstić information content (AvgIpc) is 2.53. The molecule has 0 aliphatic carbocycles. The molecule has 21 heavy (non-hydrogen) atoms. The molecule has 0 saturated carbocycles. The lowest BCUT2D eigenvalue weighted by molar-refractivity contribution is 0.0688. The van der Waals surface area contributed by atoms with Crippen molar-refractivity contribution >= 4 is 17.7 Å². The quantitative estimate of drug-likeness (QED) is 0.847. The number of carbonyl (C=O) groups is 1. The SMILES string of the molecule is CSc1ccc(-c2nc3c(c(C(=O)O)n2)CCNC3)cc1. The second-order valence-corrected chi connectivity index (χ2v) is 5.66. The minimum atomic E-state index is -0.988. The smallest absolute Gasteiger partial charge is 0.354 e. The zero-order valence-corrected chi connectivity index (χ0v) is 12.4. The van der Waals surface area contributed by atoms with Gasteiger partial charge in [0.05, 0.1) is 5.69 Å². The van der Waals surface area contributed by atoms with Crippen LogP contribution in [0.4, 0.5) is 0 Å². The molecule has 0 atom stereocenters. The van der Waals surface area contributed by atoms with Crippen molar-refractivity contribution in [3.05, 3.63) is 41.2 Å². The highest BCUT2D eigenvalue weighted by atomic mass is 32.2. The number of aromatic nitrogens is 2. The van der Waals surface area contributed by atoms with Gasteiger partial charge in [-0.2, -0.15) is 0 Å². The molecule has 1 aliphatic rings. The van der Waals surface area contributed by atoms with Crippen LogP contribution in [0, 0.1) is 0 Å². The Morgan fingerprint density at radius 3 is 2.71 bits per heavy atom. The van der Waals surface area contributed by atoms with Crippen LogP contribution in [0.25, 0.3) is 11.4 Å². The van der Waals surface area contributed by atoms with Gasteiger partial charge in [-0.15, -0.1) is 11.8 Å². The summed E-state index contributed by atoms with van der Waals surface area (Å²) in [4.78, 5) is 21.4. The molecule has 1 aromatic carbocycles. The van der Waals surface area contributed by atoms with Crippen molar-refractivity contribution in [2.45, 2.75) is 17.9 Å². The Morgan fingerprint density at radius 2 is 2.05 bits per heavy atom. The number of nitrogens with one attached hydrogen (secondary N) is 1. The summed E-state index contributed by atoms with van der Waals surface area (Å²) in [5.41, 5.74) is 2.51. The van der Waals surface area contributed by atoms with Crippen molar-refractivity contribution in [1.29, 1.82) is 0 Å². The molecular formula is C15H15N3O2S. The van der Waals surface area contributed by atoms with Gasteiger partial charge in [0.2, 0.25) is 0 Å². The van der Waals surface area contributed by atoms with E-state index in [4.69, 9.17) is 0 Å². The molecule has 2 N–H and O–H groups in total. The first-order valence-corrected chi connectivity index (χ1v) is 7.89. The van der Waals surface area contributed by atoms with E-state index in [1.165, 1.54) is 0 Å². The number of rotatable bonds is 3. The third-order valence-corrected chi connectivity index (χ3v) is 4.23. The molecule has 0 spiro atoms. The topological polar surface area (TPSA) is 75.1 Å². The lowest BCUT2D eigenvalue weighted by atomic mass is 10.0. The molecular weight excluding hydrogens is 286 g/mol. The number of thioether (sulfide) groups is 1. The monoisotopic (exact) mass is 301 g/mol. The fraction of sp³-hybridized carbons (Fsp3) is 0.267. The van der Waals surface area contributed by atoms with Crippen molar-refractivity contribution in [3.8, 4) is 11.4 Å². The zero-order chi connectivity index (χ0) is 14.8. The minimum absolute atomic E-state index is 0.130. The number of aromatic carboxylic acids is 1. The Hall–Kier alpha value is -1.92. The number of carboxylic acid groups (broad SMARTS) is 1. The maximum Gasteiger partial charge on any atom is 0.354 e. The number of hydrogen-bond donors (Lipinski definition) is 2. The number of benzene rings is 1. The molecule has 3 rings (SSSR count). The summed E-state index contributed by atoms with van der Waals surface area (Å²) >= 11 is 1.66. The van der Waals surface area contributed by atoms with E-state index in [2.05, 4.69) is 15.3 Å². The molecule has 0 bridgehead atoms. The van der Waals surface area contributed by atoms with E-state index in [9.17, 15) is 9.90 Å². The van der Waals surface area contributed by atoms with Crippen LogP contribution in [0.15, 0.2) is 29.2 Å². The van der Waals surface area contributed by atoms with Crippen molar-refractivity contribution in [2.75, 3.05) is 12.8 Å². The summed E-state index contributed by atoms with van der Waals surface area (Å²) < 4.78 is 0. The lowest BCUT2D eigenvalue weighted by Crippen LogP contribution is -2.27. The van der Waals surface area contributed by atoms with Crippen LogP contribution in [0.1, 0.15) is 21.7 Å². The number of nitrogens with zero attached hydrogens (tertiary/aromatic N) is 2. The predicted molar refractivity (Wildman–Crippen MR) is 81.6 cm³/mol. The molecule has 0 fully saturated rings. The molecule has 0 saturated heterocycles. The third-order valence-electron chi connectivity index (χ3n) is 3.49. The van der Waals surface area contributed by atoms with Crippen LogP contribution in [0.3, 0.4) is 0 Å². The van der Waals surface area contributed by atoms with Gasteiger partial charge < -0.3 is 10.4 Å². The molecule has 2 heterocycles. The Morgan fingerprint density at radius 1 is 1.29 bits per heavy atom. The van der Waals surface area contributed by atoms with E-state index in [0.29, 0.717) is 18.8 Å². The van der Waals surface area contributed by atoms with Gasteiger partial charge in [0, 0.05) is 22.6 Å². The van der Waals surface area contributed by atoms with Crippen molar-refractivity contribution in [1.82, 2.24) is 15.3 Å². The predicted octanol–water partition coefficient (Wildman–Crippen LogP) is 2.21. The number of hydrogen-bond acceptors (Lipinski definition) is 5. The maximum absolute atomic E-state index is 11.4. The third kappa shape index (κ3) is 2.77.